The monoisotopic (exact) mass is 572 g/mol. The molecule has 3 aromatic rings. The van der Waals surface area contributed by atoms with Crippen molar-refractivity contribution >= 4 is 18.4 Å². The molecule has 9 nitrogen and oxygen atoms in total. The molecule has 11 heteroatoms. The van der Waals surface area contributed by atoms with E-state index in [2.05, 4.69) is 0 Å². The van der Waals surface area contributed by atoms with Gasteiger partial charge >= 0.3 is 5.69 Å². The van der Waals surface area contributed by atoms with Crippen LogP contribution in [0.3, 0.4) is 0 Å². The van der Waals surface area contributed by atoms with E-state index in [1.54, 1.807) is 13.8 Å². The molecule has 5 N–H and O–H groups in total. The van der Waals surface area contributed by atoms with Gasteiger partial charge in [0.05, 0.1) is 11.9 Å². The molecule has 40 heavy (non-hydrogen) atoms. The van der Waals surface area contributed by atoms with Crippen LogP contribution in [0.5, 0.6) is 0 Å². The highest BCUT2D eigenvalue weighted by atomic mass is 28.3. The Morgan fingerprint density at radius 2 is 1.50 bits per heavy atom. The highest BCUT2D eigenvalue weighted by molar-refractivity contribution is 7.05. The van der Waals surface area contributed by atoms with Crippen LogP contribution in [0.1, 0.15) is 40.8 Å². The van der Waals surface area contributed by atoms with Crippen LogP contribution >= 0.6 is 0 Å². The number of halogens is 1. The molecule has 0 saturated carbocycles. The second-order valence-electron chi connectivity index (χ2n) is 11.8. The molecule has 0 bridgehead atoms. The number of nitrogens with zero attached hydrogens (tertiary/aromatic N) is 1. The van der Waals surface area contributed by atoms with Crippen molar-refractivity contribution in [2.24, 2.45) is 5.92 Å². The van der Waals surface area contributed by atoms with Crippen LogP contribution in [0.25, 0.3) is 0 Å². The van der Waals surface area contributed by atoms with Crippen LogP contribution in [-0.2, 0) is 4.74 Å². The van der Waals surface area contributed by atoms with Gasteiger partial charge in [0.25, 0.3) is 5.56 Å². The molecule has 216 valence electrons. The second kappa shape index (κ2) is 10.8. The number of hydrogen-bond acceptors (Lipinski definition) is 7. The summed E-state index contributed by atoms with van der Waals surface area (Å²) in [6.45, 7) is 9.21. The molecule has 1 saturated heterocycles. The molecule has 1 fully saturated rings. The number of nitrogens with one attached hydrogen (secondary N) is 1. The number of aromatic nitrogens is 2. The van der Waals surface area contributed by atoms with Crippen molar-refractivity contribution < 1.29 is 29.6 Å². The summed E-state index contributed by atoms with van der Waals surface area (Å²) in [7, 11) is -3.43. The van der Waals surface area contributed by atoms with E-state index in [1.807, 2.05) is 86.4 Å². The van der Waals surface area contributed by atoms with Gasteiger partial charge in [0.1, 0.15) is 23.9 Å². The van der Waals surface area contributed by atoms with Crippen molar-refractivity contribution in [2.45, 2.75) is 75.5 Å². The maximum Gasteiger partial charge on any atom is 0.330 e. The number of benzene rings is 2. The van der Waals surface area contributed by atoms with E-state index in [1.165, 1.54) is 0 Å². The minimum Gasteiger partial charge on any atom is -0.393 e. The van der Waals surface area contributed by atoms with E-state index in [0.717, 1.165) is 10.4 Å². The lowest BCUT2D eigenvalue weighted by atomic mass is 9.75. The zero-order valence-corrected chi connectivity index (χ0v) is 24.2. The molecule has 0 radical (unpaired) electrons. The molecule has 1 aromatic heterocycles. The SMILES string of the molecule is CC(C)[C@]1(O)[C@@H](C(O)[Si](c2ccccc2)(c2ccccc2)C(C)(C)C)O[C@@H](n2cc(F)c(=O)[nH]c2=O)[C@H](O)[C@H]1O. The van der Waals surface area contributed by atoms with Gasteiger partial charge < -0.3 is 25.2 Å². The third-order valence-electron chi connectivity index (χ3n) is 8.33. The third-order valence-corrected chi connectivity index (χ3v) is 14.4. The first kappa shape index (κ1) is 30.0. The molecular weight excluding hydrogens is 535 g/mol. The maximum absolute atomic E-state index is 14.3. The lowest BCUT2D eigenvalue weighted by Crippen LogP contribution is -2.80. The molecule has 0 aliphatic carbocycles. The Bertz CT molecular complexity index is 1400. The minimum atomic E-state index is -3.43. The van der Waals surface area contributed by atoms with Crippen LogP contribution in [0, 0.1) is 11.7 Å². The number of ether oxygens (including phenoxy) is 1. The topological polar surface area (TPSA) is 145 Å². The fourth-order valence-corrected chi connectivity index (χ4v) is 12.1. The normalized spacial score (nSPS) is 26.6. The standard InChI is InChI=1S/C29H37FN2O7Si/c1-17(2)29(38)22(34)21(33)25(32-16-20(30)24(35)31-27(32)37)39-23(29)26(36)40(28(3,4)5,18-12-8-6-9-13-18)19-14-10-7-11-15-19/h6-17,21-23,25-26,33-34,36,38H,1-5H3,(H,31,35,37)/t21-,22-,23-,25-,26?,29-/m1/s1. The van der Waals surface area contributed by atoms with Crippen molar-refractivity contribution in [3.8, 4) is 0 Å². The van der Waals surface area contributed by atoms with E-state index in [-0.39, 0.29) is 0 Å². The van der Waals surface area contributed by atoms with Gasteiger partial charge in [-0.3, -0.25) is 14.3 Å². The van der Waals surface area contributed by atoms with Crippen molar-refractivity contribution in [1.82, 2.24) is 9.55 Å². The lowest BCUT2D eigenvalue weighted by Gasteiger charge is -2.57. The van der Waals surface area contributed by atoms with Crippen molar-refractivity contribution in [2.75, 3.05) is 0 Å². The first-order valence-electron chi connectivity index (χ1n) is 13.2. The molecule has 0 amide bonds. The summed E-state index contributed by atoms with van der Waals surface area (Å²) in [5.74, 6) is -2.04. The van der Waals surface area contributed by atoms with Crippen LogP contribution in [0.2, 0.25) is 5.04 Å². The van der Waals surface area contributed by atoms with Crippen LogP contribution in [-0.4, -0.2) is 67.7 Å². The molecule has 1 aliphatic heterocycles. The smallest absolute Gasteiger partial charge is 0.330 e. The Hall–Kier alpha value is -2.93. The predicted octanol–water partition coefficient (Wildman–Crippen LogP) is 0.645. The minimum absolute atomic E-state index is 0.577. The largest absolute Gasteiger partial charge is 0.393 e. The molecule has 6 atom stereocenters. The first-order chi connectivity index (χ1) is 18.7. The van der Waals surface area contributed by atoms with Gasteiger partial charge in [-0.05, 0) is 11.0 Å². The zero-order chi connectivity index (χ0) is 29.6. The van der Waals surface area contributed by atoms with Crippen molar-refractivity contribution in [3.05, 3.63) is 93.5 Å². The number of H-pyrrole nitrogens is 1. The summed E-state index contributed by atoms with van der Waals surface area (Å²) in [5, 5.41) is 48.2. The Morgan fingerprint density at radius 3 is 1.95 bits per heavy atom. The number of hydrogen-bond donors (Lipinski definition) is 5. The van der Waals surface area contributed by atoms with Gasteiger partial charge in [0, 0.05) is 0 Å². The van der Waals surface area contributed by atoms with Gasteiger partial charge in [-0.2, -0.15) is 4.39 Å². The van der Waals surface area contributed by atoms with Crippen LogP contribution in [0.15, 0.2) is 76.4 Å². The van der Waals surface area contributed by atoms with Gasteiger partial charge in [-0.15, -0.1) is 0 Å². The third kappa shape index (κ3) is 4.60. The van der Waals surface area contributed by atoms with Gasteiger partial charge in [-0.1, -0.05) is 106 Å². The fourth-order valence-electron chi connectivity index (χ4n) is 6.26. The molecule has 1 unspecified atom stereocenters. The van der Waals surface area contributed by atoms with Crippen molar-refractivity contribution in [1.29, 1.82) is 0 Å². The second-order valence-corrected chi connectivity index (χ2v) is 16.7. The number of rotatable bonds is 6. The quantitative estimate of drug-likeness (QED) is 0.273. The summed E-state index contributed by atoms with van der Waals surface area (Å²) in [5.41, 5.74) is -5.98. The highest BCUT2D eigenvalue weighted by Gasteiger charge is 2.65. The van der Waals surface area contributed by atoms with E-state index in [0.29, 0.717) is 10.8 Å². The summed E-state index contributed by atoms with van der Waals surface area (Å²) >= 11 is 0. The molecule has 1 aliphatic rings. The molecule has 2 heterocycles. The lowest BCUT2D eigenvalue weighted by molar-refractivity contribution is -0.311. The van der Waals surface area contributed by atoms with E-state index in [4.69, 9.17) is 4.74 Å². The van der Waals surface area contributed by atoms with E-state index < -0.39 is 72.0 Å². The molecule has 4 rings (SSSR count). The van der Waals surface area contributed by atoms with Gasteiger partial charge in [-0.25, -0.2) is 4.79 Å². The van der Waals surface area contributed by atoms with Crippen LogP contribution in [0.4, 0.5) is 4.39 Å². The average molecular weight is 573 g/mol. The summed E-state index contributed by atoms with van der Waals surface area (Å²) in [6, 6.07) is 18.8. The molecule has 2 aromatic carbocycles. The molecule has 0 spiro atoms. The summed E-state index contributed by atoms with van der Waals surface area (Å²) in [6.07, 6.45) is -6.52. The van der Waals surface area contributed by atoms with Crippen LogP contribution < -0.4 is 21.6 Å². The summed E-state index contributed by atoms with van der Waals surface area (Å²) in [4.78, 5) is 26.2. The first-order valence-corrected chi connectivity index (χ1v) is 15.3. The van der Waals surface area contributed by atoms with E-state index in [9.17, 15) is 34.4 Å². The highest BCUT2D eigenvalue weighted by Crippen LogP contribution is 2.46. The van der Waals surface area contributed by atoms with Gasteiger partial charge in [0.2, 0.25) is 5.82 Å². The predicted molar refractivity (Wildman–Crippen MR) is 151 cm³/mol. The van der Waals surface area contributed by atoms with E-state index >= 15 is 0 Å². The number of aliphatic hydroxyl groups excluding tert-OH is 3. The number of aliphatic hydroxyl groups is 4. The van der Waals surface area contributed by atoms with Gasteiger partial charge in [0.15, 0.2) is 14.3 Å². The fraction of sp³-hybridized carbons (Fsp3) is 0.448. The maximum atomic E-state index is 14.3. The zero-order valence-electron chi connectivity index (χ0n) is 23.2. The Kier molecular flexibility index (Phi) is 8.11. The molecular formula is C29H37FN2O7Si. The Balaban J connectivity index is 2.01. The number of aromatic amines is 1. The average Bonchev–Trinajstić information content (AvgIpc) is 2.90. The Labute approximate surface area is 232 Å². The van der Waals surface area contributed by atoms with Crippen molar-refractivity contribution in [3.63, 3.8) is 0 Å². The summed E-state index contributed by atoms with van der Waals surface area (Å²) < 4.78 is 21.1. The Morgan fingerprint density at radius 1 is 1.00 bits per heavy atom.